The summed E-state index contributed by atoms with van der Waals surface area (Å²) < 4.78 is 5.10. The Morgan fingerprint density at radius 2 is 1.82 bits per heavy atom. The highest BCUT2D eigenvalue weighted by molar-refractivity contribution is 5.96. The van der Waals surface area contributed by atoms with E-state index in [4.69, 9.17) is 14.9 Å². The molecular formula is C12H17NO4. The highest BCUT2D eigenvalue weighted by Gasteiger charge is 2.18. The summed E-state index contributed by atoms with van der Waals surface area (Å²) in [5, 5.41) is 17.8. The first-order chi connectivity index (χ1) is 8.24. The lowest BCUT2D eigenvalue weighted by atomic mass is 10.1. The van der Waals surface area contributed by atoms with Crippen LogP contribution in [0, 0.1) is 0 Å². The molecule has 5 nitrogen and oxygen atoms in total. The molecule has 5 heteroatoms. The average Bonchev–Trinajstić information content (AvgIpc) is 2.37. The van der Waals surface area contributed by atoms with Crippen molar-refractivity contribution in [2.24, 2.45) is 0 Å². The number of aliphatic hydroxyl groups excluding tert-OH is 2. The number of ether oxygens (including phenoxy) is 1. The smallest absolute Gasteiger partial charge is 0.257 e. The van der Waals surface area contributed by atoms with Crippen LogP contribution in [0.4, 0.5) is 0 Å². The highest BCUT2D eigenvalue weighted by atomic mass is 16.5. The normalized spacial score (nSPS) is 10.1. The van der Waals surface area contributed by atoms with Gasteiger partial charge in [-0.25, -0.2) is 0 Å². The van der Waals surface area contributed by atoms with E-state index >= 15 is 0 Å². The van der Waals surface area contributed by atoms with Gasteiger partial charge in [0.15, 0.2) is 0 Å². The minimum Gasteiger partial charge on any atom is -0.496 e. The van der Waals surface area contributed by atoms with Gasteiger partial charge < -0.3 is 19.8 Å². The number of nitrogens with zero attached hydrogens (tertiary/aromatic N) is 1. The van der Waals surface area contributed by atoms with E-state index in [-0.39, 0.29) is 32.2 Å². The number of hydrogen-bond donors (Lipinski definition) is 2. The molecule has 0 heterocycles. The maximum atomic E-state index is 12.1. The van der Waals surface area contributed by atoms with Crippen LogP contribution in [0.5, 0.6) is 5.75 Å². The number of benzene rings is 1. The molecule has 0 bridgehead atoms. The van der Waals surface area contributed by atoms with Crippen LogP contribution in [0.15, 0.2) is 24.3 Å². The van der Waals surface area contributed by atoms with Gasteiger partial charge in [-0.05, 0) is 12.1 Å². The van der Waals surface area contributed by atoms with Crippen molar-refractivity contribution in [3.8, 4) is 5.75 Å². The number of para-hydroxylation sites is 1. The van der Waals surface area contributed by atoms with Crippen molar-refractivity contribution in [1.29, 1.82) is 0 Å². The molecule has 0 saturated heterocycles. The van der Waals surface area contributed by atoms with Gasteiger partial charge in [0.05, 0.1) is 25.9 Å². The van der Waals surface area contributed by atoms with E-state index in [9.17, 15) is 4.79 Å². The molecule has 0 spiro atoms. The monoisotopic (exact) mass is 239 g/mol. The van der Waals surface area contributed by atoms with Gasteiger partial charge in [0.25, 0.3) is 5.91 Å². The summed E-state index contributed by atoms with van der Waals surface area (Å²) in [6.45, 7) is 0.108. The van der Waals surface area contributed by atoms with Gasteiger partial charge in [-0.1, -0.05) is 12.1 Å². The standard InChI is InChI=1S/C12H17NO4/c1-17-11-5-3-2-4-10(11)12(16)13(6-8-14)7-9-15/h2-5,14-15H,6-9H2,1H3. The van der Waals surface area contributed by atoms with Crippen LogP contribution in [0.25, 0.3) is 0 Å². The predicted molar refractivity (Wildman–Crippen MR) is 63.1 cm³/mol. The topological polar surface area (TPSA) is 70.0 Å². The fourth-order valence-electron chi connectivity index (χ4n) is 1.55. The summed E-state index contributed by atoms with van der Waals surface area (Å²) in [5.41, 5.74) is 0.428. The van der Waals surface area contributed by atoms with Crippen LogP contribution in [0.3, 0.4) is 0 Å². The Hall–Kier alpha value is -1.59. The maximum Gasteiger partial charge on any atom is 0.257 e. The first-order valence-electron chi connectivity index (χ1n) is 5.38. The second-order valence-corrected chi connectivity index (χ2v) is 3.44. The third-order valence-electron chi connectivity index (χ3n) is 2.36. The zero-order chi connectivity index (χ0) is 12.7. The number of hydrogen-bond acceptors (Lipinski definition) is 4. The quantitative estimate of drug-likeness (QED) is 0.740. The van der Waals surface area contributed by atoms with Gasteiger partial charge in [-0.2, -0.15) is 0 Å². The summed E-state index contributed by atoms with van der Waals surface area (Å²) in [7, 11) is 1.49. The molecule has 0 saturated carbocycles. The first-order valence-corrected chi connectivity index (χ1v) is 5.38. The van der Waals surface area contributed by atoms with Crippen LogP contribution in [0.1, 0.15) is 10.4 Å². The summed E-state index contributed by atoms with van der Waals surface area (Å²) in [4.78, 5) is 13.5. The fourth-order valence-corrected chi connectivity index (χ4v) is 1.55. The number of amides is 1. The number of carbonyl (C=O) groups is 1. The van der Waals surface area contributed by atoms with Gasteiger partial charge in [-0.15, -0.1) is 0 Å². The fraction of sp³-hybridized carbons (Fsp3) is 0.417. The van der Waals surface area contributed by atoms with Crippen molar-refractivity contribution < 1.29 is 19.7 Å². The van der Waals surface area contributed by atoms with Gasteiger partial charge in [0, 0.05) is 13.1 Å². The third-order valence-corrected chi connectivity index (χ3v) is 2.36. The van der Waals surface area contributed by atoms with Gasteiger partial charge >= 0.3 is 0 Å². The molecule has 0 fully saturated rings. The summed E-state index contributed by atoms with van der Waals surface area (Å²) >= 11 is 0. The van der Waals surface area contributed by atoms with Crippen LogP contribution in [-0.2, 0) is 0 Å². The molecule has 1 rings (SSSR count). The molecule has 0 aliphatic rings. The van der Waals surface area contributed by atoms with Crippen molar-refractivity contribution >= 4 is 5.91 Å². The zero-order valence-corrected chi connectivity index (χ0v) is 9.80. The molecule has 0 aromatic heterocycles. The largest absolute Gasteiger partial charge is 0.496 e. The second-order valence-electron chi connectivity index (χ2n) is 3.44. The molecule has 0 atom stereocenters. The van der Waals surface area contributed by atoms with Gasteiger partial charge in [0.2, 0.25) is 0 Å². The molecule has 1 aromatic carbocycles. The lowest BCUT2D eigenvalue weighted by Crippen LogP contribution is -2.36. The number of methoxy groups -OCH3 is 1. The Kier molecular flexibility index (Phi) is 5.45. The molecule has 0 aliphatic heterocycles. The SMILES string of the molecule is COc1ccccc1C(=O)N(CCO)CCO. The number of aliphatic hydroxyl groups is 2. The van der Waals surface area contributed by atoms with Crippen molar-refractivity contribution in [1.82, 2.24) is 4.90 Å². The average molecular weight is 239 g/mol. The van der Waals surface area contributed by atoms with Crippen molar-refractivity contribution in [2.45, 2.75) is 0 Å². The predicted octanol–water partition coefficient (Wildman–Crippen LogP) is 0.122. The van der Waals surface area contributed by atoms with E-state index in [0.717, 1.165) is 0 Å². The van der Waals surface area contributed by atoms with E-state index < -0.39 is 0 Å². The molecule has 17 heavy (non-hydrogen) atoms. The van der Waals surface area contributed by atoms with Crippen LogP contribution in [0.2, 0.25) is 0 Å². The Morgan fingerprint density at radius 3 is 2.35 bits per heavy atom. The maximum absolute atomic E-state index is 12.1. The minimum atomic E-state index is -0.259. The van der Waals surface area contributed by atoms with Gasteiger partial charge in [0.1, 0.15) is 5.75 Å². The van der Waals surface area contributed by atoms with E-state index in [1.165, 1.54) is 12.0 Å². The Bertz CT molecular complexity index is 361. The number of rotatable bonds is 6. The number of carbonyl (C=O) groups excluding carboxylic acids is 1. The first kappa shape index (κ1) is 13.5. The van der Waals surface area contributed by atoms with Crippen molar-refractivity contribution in [3.63, 3.8) is 0 Å². The van der Waals surface area contributed by atoms with Crippen LogP contribution >= 0.6 is 0 Å². The molecular weight excluding hydrogens is 222 g/mol. The summed E-state index contributed by atoms with van der Waals surface area (Å²) in [5.74, 6) is 0.226. The lowest BCUT2D eigenvalue weighted by Gasteiger charge is -2.21. The van der Waals surface area contributed by atoms with E-state index in [1.807, 2.05) is 0 Å². The molecule has 94 valence electrons. The Balaban J connectivity index is 2.92. The van der Waals surface area contributed by atoms with Crippen molar-refractivity contribution in [3.05, 3.63) is 29.8 Å². The zero-order valence-electron chi connectivity index (χ0n) is 9.80. The summed E-state index contributed by atoms with van der Waals surface area (Å²) in [6.07, 6.45) is 0. The van der Waals surface area contributed by atoms with Gasteiger partial charge in [-0.3, -0.25) is 4.79 Å². The Morgan fingerprint density at radius 1 is 1.24 bits per heavy atom. The van der Waals surface area contributed by atoms with E-state index in [1.54, 1.807) is 24.3 Å². The third kappa shape index (κ3) is 3.44. The highest BCUT2D eigenvalue weighted by Crippen LogP contribution is 2.19. The van der Waals surface area contributed by atoms with E-state index in [2.05, 4.69) is 0 Å². The van der Waals surface area contributed by atoms with Crippen LogP contribution in [-0.4, -0.2) is 54.4 Å². The molecule has 0 radical (unpaired) electrons. The van der Waals surface area contributed by atoms with E-state index in [0.29, 0.717) is 11.3 Å². The second kappa shape index (κ2) is 6.88. The Labute approximate surface area is 100 Å². The van der Waals surface area contributed by atoms with Crippen molar-refractivity contribution in [2.75, 3.05) is 33.4 Å². The molecule has 1 amide bonds. The summed E-state index contributed by atoms with van der Waals surface area (Å²) in [6, 6.07) is 6.87. The molecule has 2 N–H and O–H groups in total. The molecule has 0 aliphatic carbocycles. The minimum absolute atomic E-state index is 0.138. The molecule has 1 aromatic rings. The molecule has 0 unspecified atom stereocenters. The van der Waals surface area contributed by atoms with Crippen LogP contribution < -0.4 is 4.74 Å². The lowest BCUT2D eigenvalue weighted by molar-refractivity contribution is 0.0681.